The highest BCUT2D eigenvalue weighted by molar-refractivity contribution is 9.10. The van der Waals surface area contributed by atoms with Gasteiger partial charge >= 0.3 is 5.97 Å². The van der Waals surface area contributed by atoms with E-state index in [4.69, 9.17) is 4.74 Å². The standard InChI is InChI=1S/C19H14BrNO3S/c1-24-19(23)16-15(12-6-3-2-4-7-12)11-25-18(16)21-17(22)13-8-5-9-14(20)10-13/h2-11H,1H3,(H,21,22). The van der Waals surface area contributed by atoms with E-state index in [-0.39, 0.29) is 5.91 Å². The van der Waals surface area contributed by atoms with Crippen LogP contribution in [-0.2, 0) is 4.74 Å². The third kappa shape index (κ3) is 3.81. The average molecular weight is 416 g/mol. The van der Waals surface area contributed by atoms with Crippen LogP contribution in [0.3, 0.4) is 0 Å². The normalized spacial score (nSPS) is 10.3. The molecule has 0 fully saturated rings. The number of carbonyl (C=O) groups is 2. The molecular weight excluding hydrogens is 402 g/mol. The van der Waals surface area contributed by atoms with Crippen LogP contribution in [0.2, 0.25) is 0 Å². The molecule has 0 bridgehead atoms. The first-order valence-corrected chi connectivity index (χ1v) is 9.09. The van der Waals surface area contributed by atoms with Gasteiger partial charge in [-0.2, -0.15) is 0 Å². The van der Waals surface area contributed by atoms with E-state index in [1.54, 1.807) is 18.2 Å². The van der Waals surface area contributed by atoms with Crippen LogP contribution in [-0.4, -0.2) is 19.0 Å². The molecule has 3 rings (SSSR count). The Kier molecular flexibility index (Phi) is 5.31. The molecule has 0 radical (unpaired) electrons. The third-order valence-corrected chi connectivity index (χ3v) is 4.97. The molecule has 0 aliphatic carbocycles. The van der Waals surface area contributed by atoms with Crippen LogP contribution in [0.1, 0.15) is 20.7 Å². The van der Waals surface area contributed by atoms with Crippen molar-refractivity contribution in [2.45, 2.75) is 0 Å². The lowest BCUT2D eigenvalue weighted by Gasteiger charge is -2.08. The largest absolute Gasteiger partial charge is 0.465 e. The van der Waals surface area contributed by atoms with Gasteiger partial charge in [-0.25, -0.2) is 4.79 Å². The van der Waals surface area contributed by atoms with Crippen molar-refractivity contribution in [2.75, 3.05) is 12.4 Å². The zero-order valence-corrected chi connectivity index (χ0v) is 15.7. The van der Waals surface area contributed by atoms with Crippen molar-refractivity contribution in [1.29, 1.82) is 0 Å². The van der Waals surface area contributed by atoms with Gasteiger partial charge in [0.05, 0.1) is 7.11 Å². The lowest BCUT2D eigenvalue weighted by Crippen LogP contribution is -2.14. The Morgan fingerprint density at radius 1 is 1.08 bits per heavy atom. The fourth-order valence-corrected chi connectivity index (χ4v) is 3.74. The van der Waals surface area contributed by atoms with E-state index in [0.717, 1.165) is 15.6 Å². The van der Waals surface area contributed by atoms with Crippen molar-refractivity contribution in [1.82, 2.24) is 0 Å². The summed E-state index contributed by atoms with van der Waals surface area (Å²) >= 11 is 4.65. The maximum Gasteiger partial charge on any atom is 0.341 e. The lowest BCUT2D eigenvalue weighted by molar-refractivity contribution is 0.0603. The number of ether oxygens (including phenoxy) is 1. The summed E-state index contributed by atoms with van der Waals surface area (Å²) in [5.74, 6) is -0.766. The maximum atomic E-state index is 12.5. The van der Waals surface area contributed by atoms with E-state index >= 15 is 0 Å². The zero-order valence-electron chi connectivity index (χ0n) is 13.3. The number of amides is 1. The number of benzene rings is 2. The SMILES string of the molecule is COC(=O)c1c(-c2ccccc2)csc1NC(=O)c1cccc(Br)c1. The molecule has 1 amide bonds. The van der Waals surface area contributed by atoms with Crippen molar-refractivity contribution in [2.24, 2.45) is 0 Å². The van der Waals surface area contributed by atoms with Crippen LogP contribution in [0.4, 0.5) is 5.00 Å². The Morgan fingerprint density at radius 3 is 2.52 bits per heavy atom. The quantitative estimate of drug-likeness (QED) is 0.594. The molecule has 25 heavy (non-hydrogen) atoms. The van der Waals surface area contributed by atoms with E-state index < -0.39 is 5.97 Å². The molecule has 0 unspecified atom stereocenters. The van der Waals surface area contributed by atoms with E-state index in [0.29, 0.717) is 16.1 Å². The summed E-state index contributed by atoms with van der Waals surface area (Å²) in [6, 6.07) is 16.6. The number of anilines is 1. The summed E-state index contributed by atoms with van der Waals surface area (Å²) in [6.45, 7) is 0. The fraction of sp³-hybridized carbons (Fsp3) is 0.0526. The number of hydrogen-bond donors (Lipinski definition) is 1. The van der Waals surface area contributed by atoms with Crippen LogP contribution in [0.5, 0.6) is 0 Å². The number of thiophene rings is 1. The molecule has 1 N–H and O–H groups in total. The molecule has 2 aromatic carbocycles. The minimum Gasteiger partial charge on any atom is -0.465 e. The minimum absolute atomic E-state index is 0.284. The number of halogens is 1. The Balaban J connectivity index is 1.98. The van der Waals surface area contributed by atoms with Crippen LogP contribution >= 0.6 is 27.3 Å². The van der Waals surface area contributed by atoms with Crippen LogP contribution in [0.15, 0.2) is 64.5 Å². The predicted molar refractivity (Wildman–Crippen MR) is 103 cm³/mol. The second-order valence-corrected chi connectivity index (χ2v) is 6.97. The highest BCUT2D eigenvalue weighted by Crippen LogP contribution is 2.36. The smallest absolute Gasteiger partial charge is 0.341 e. The number of carbonyl (C=O) groups excluding carboxylic acids is 2. The van der Waals surface area contributed by atoms with Gasteiger partial charge in [-0.05, 0) is 23.8 Å². The van der Waals surface area contributed by atoms with E-state index in [1.165, 1.54) is 18.4 Å². The van der Waals surface area contributed by atoms with Gasteiger partial charge in [-0.3, -0.25) is 4.79 Å². The highest BCUT2D eigenvalue weighted by Gasteiger charge is 2.22. The molecule has 0 saturated carbocycles. The summed E-state index contributed by atoms with van der Waals surface area (Å²) < 4.78 is 5.72. The van der Waals surface area contributed by atoms with Gasteiger partial charge in [0.15, 0.2) is 0 Å². The van der Waals surface area contributed by atoms with Crippen molar-refractivity contribution in [3.05, 3.63) is 75.6 Å². The van der Waals surface area contributed by atoms with Crippen LogP contribution in [0, 0.1) is 0 Å². The van der Waals surface area contributed by atoms with Gasteiger partial charge in [-0.1, -0.05) is 52.3 Å². The third-order valence-electron chi connectivity index (χ3n) is 3.58. The molecule has 0 saturated heterocycles. The van der Waals surface area contributed by atoms with Gasteiger partial charge in [0.2, 0.25) is 0 Å². The number of rotatable bonds is 4. The first-order valence-electron chi connectivity index (χ1n) is 7.42. The Labute approximate surface area is 157 Å². The molecule has 0 aliphatic rings. The second-order valence-electron chi connectivity index (χ2n) is 5.18. The van der Waals surface area contributed by atoms with Gasteiger partial charge in [0.25, 0.3) is 5.91 Å². The van der Waals surface area contributed by atoms with Crippen molar-refractivity contribution in [3.8, 4) is 11.1 Å². The minimum atomic E-state index is -0.482. The average Bonchev–Trinajstić information content (AvgIpc) is 3.05. The van der Waals surface area contributed by atoms with Crippen LogP contribution < -0.4 is 5.32 Å². The Hall–Kier alpha value is -2.44. The van der Waals surface area contributed by atoms with Crippen molar-refractivity contribution < 1.29 is 14.3 Å². The monoisotopic (exact) mass is 415 g/mol. The molecule has 1 heterocycles. The molecule has 126 valence electrons. The second kappa shape index (κ2) is 7.63. The van der Waals surface area contributed by atoms with Crippen molar-refractivity contribution in [3.63, 3.8) is 0 Å². The molecule has 3 aromatic rings. The number of nitrogens with one attached hydrogen (secondary N) is 1. The van der Waals surface area contributed by atoms with Gasteiger partial charge in [-0.15, -0.1) is 11.3 Å². The summed E-state index contributed by atoms with van der Waals surface area (Å²) in [7, 11) is 1.33. The van der Waals surface area contributed by atoms with E-state index in [2.05, 4.69) is 21.2 Å². The first-order chi connectivity index (χ1) is 12.1. The lowest BCUT2D eigenvalue weighted by atomic mass is 10.0. The summed E-state index contributed by atoms with van der Waals surface area (Å²) in [4.78, 5) is 24.8. The van der Waals surface area contributed by atoms with E-state index in [9.17, 15) is 9.59 Å². The van der Waals surface area contributed by atoms with Gasteiger partial charge in [0, 0.05) is 21.0 Å². The molecule has 0 spiro atoms. The van der Waals surface area contributed by atoms with Gasteiger partial charge in [0.1, 0.15) is 10.6 Å². The first kappa shape index (κ1) is 17.4. The topological polar surface area (TPSA) is 55.4 Å². The van der Waals surface area contributed by atoms with Crippen LogP contribution in [0.25, 0.3) is 11.1 Å². The molecule has 0 aliphatic heterocycles. The van der Waals surface area contributed by atoms with E-state index in [1.807, 2.05) is 41.8 Å². The molecule has 6 heteroatoms. The molecule has 4 nitrogen and oxygen atoms in total. The summed E-state index contributed by atoms with van der Waals surface area (Å²) in [5.41, 5.74) is 2.49. The predicted octanol–water partition coefficient (Wildman–Crippen LogP) is 5.22. The Morgan fingerprint density at radius 2 is 1.84 bits per heavy atom. The molecule has 0 atom stereocenters. The van der Waals surface area contributed by atoms with Gasteiger partial charge < -0.3 is 10.1 Å². The number of methoxy groups -OCH3 is 1. The maximum absolute atomic E-state index is 12.5. The number of hydrogen-bond acceptors (Lipinski definition) is 4. The summed E-state index contributed by atoms with van der Waals surface area (Å²) in [5, 5.41) is 5.13. The fourth-order valence-electron chi connectivity index (χ4n) is 2.39. The highest BCUT2D eigenvalue weighted by atomic mass is 79.9. The zero-order chi connectivity index (χ0) is 17.8. The molecule has 1 aromatic heterocycles. The summed E-state index contributed by atoms with van der Waals surface area (Å²) in [6.07, 6.45) is 0. The Bertz CT molecular complexity index is 921. The molecular formula is C19H14BrNO3S. The number of esters is 1. The van der Waals surface area contributed by atoms with Crippen molar-refractivity contribution >= 4 is 44.1 Å².